The van der Waals surface area contributed by atoms with Gasteiger partial charge in [-0.2, -0.15) is 9.48 Å². The normalized spacial score (nSPS) is 16.9. The van der Waals surface area contributed by atoms with Crippen LogP contribution in [0.1, 0.15) is 0 Å². The van der Waals surface area contributed by atoms with E-state index in [4.69, 9.17) is 11.5 Å². The lowest BCUT2D eigenvalue weighted by Gasteiger charge is -2.15. The summed E-state index contributed by atoms with van der Waals surface area (Å²) >= 11 is 0. The van der Waals surface area contributed by atoms with E-state index in [9.17, 15) is 9.59 Å². The van der Waals surface area contributed by atoms with Crippen LogP contribution in [0, 0.1) is 0 Å². The van der Waals surface area contributed by atoms with Crippen LogP contribution in [0.4, 0.5) is 4.79 Å². The molecule has 0 aromatic rings. The molecule has 9 nitrogen and oxygen atoms in total. The van der Waals surface area contributed by atoms with Crippen molar-refractivity contribution in [1.29, 1.82) is 0 Å². The van der Waals surface area contributed by atoms with Crippen LogP contribution in [0.15, 0.2) is 9.98 Å². The van der Waals surface area contributed by atoms with Crippen molar-refractivity contribution in [3.8, 4) is 0 Å². The van der Waals surface area contributed by atoms with Crippen LogP contribution in [-0.2, 0) is 4.79 Å². The molecule has 0 saturated carbocycles. The second-order valence-electron chi connectivity index (χ2n) is 3.33. The van der Waals surface area contributed by atoms with Crippen molar-refractivity contribution in [3.05, 3.63) is 0 Å². The minimum atomic E-state index is -0.407. The topological polar surface area (TPSA) is 149 Å². The fourth-order valence-corrected chi connectivity index (χ4v) is 1.22. The number of hydrogen-bond acceptors (Lipinski definition) is 6. The number of urea groups is 1. The molecule has 18 heavy (non-hydrogen) atoms. The van der Waals surface area contributed by atoms with Crippen LogP contribution in [0.5, 0.6) is 0 Å². The number of amides is 3. The van der Waals surface area contributed by atoms with Crippen molar-refractivity contribution in [3.63, 3.8) is 0 Å². The zero-order chi connectivity index (χ0) is 13.0. The number of carbonyl (C=O) groups excluding carboxylic acids is 2. The molecule has 0 unspecified atom stereocenters. The monoisotopic (exact) mass is 257 g/mol. The highest BCUT2D eigenvalue weighted by Gasteiger charge is 2.42. The SMILES string of the molecule is CN1C(=O)C2=NC=NC2=[N+](C)C1=O.NCCN.O. The van der Waals surface area contributed by atoms with Gasteiger partial charge in [-0.25, -0.2) is 14.6 Å². The van der Waals surface area contributed by atoms with Gasteiger partial charge in [0.25, 0.3) is 5.84 Å². The third-order valence-electron chi connectivity index (χ3n) is 2.14. The van der Waals surface area contributed by atoms with Crippen molar-refractivity contribution in [1.82, 2.24) is 4.90 Å². The highest BCUT2D eigenvalue weighted by molar-refractivity contribution is 6.69. The molecule has 0 fully saturated rings. The van der Waals surface area contributed by atoms with Gasteiger partial charge in [0.2, 0.25) is 5.71 Å². The maximum Gasteiger partial charge on any atom is 0.446 e. The molecule has 3 amide bonds. The summed E-state index contributed by atoms with van der Waals surface area (Å²) in [5.74, 6) is -0.0799. The van der Waals surface area contributed by atoms with Crippen LogP contribution < -0.4 is 11.5 Å². The summed E-state index contributed by atoms with van der Waals surface area (Å²) in [6.45, 7) is 1.19. The summed E-state index contributed by atoms with van der Waals surface area (Å²) in [5, 5.41) is 0. The Balaban J connectivity index is 0.000000512. The van der Waals surface area contributed by atoms with E-state index in [-0.39, 0.29) is 11.2 Å². The van der Waals surface area contributed by atoms with E-state index in [1.54, 1.807) is 7.05 Å². The number of hydrogen-bond donors (Lipinski definition) is 2. The van der Waals surface area contributed by atoms with Gasteiger partial charge in [0, 0.05) is 13.1 Å². The molecule has 0 bridgehead atoms. The fourth-order valence-electron chi connectivity index (χ4n) is 1.22. The summed E-state index contributed by atoms with van der Waals surface area (Å²) in [7, 11) is 2.97. The van der Waals surface area contributed by atoms with Gasteiger partial charge in [-0.1, -0.05) is 4.99 Å². The lowest BCUT2D eigenvalue weighted by atomic mass is 10.2. The molecule has 9 heteroatoms. The quantitative estimate of drug-likeness (QED) is 0.487. The van der Waals surface area contributed by atoms with E-state index in [1.165, 1.54) is 18.0 Å². The van der Waals surface area contributed by atoms with Gasteiger partial charge < -0.3 is 16.9 Å². The van der Waals surface area contributed by atoms with E-state index in [2.05, 4.69) is 9.98 Å². The maximum absolute atomic E-state index is 11.4. The summed E-state index contributed by atoms with van der Waals surface area (Å²) in [4.78, 5) is 31.4. The number of imide groups is 1. The summed E-state index contributed by atoms with van der Waals surface area (Å²) in [6, 6.07) is -0.391. The van der Waals surface area contributed by atoms with Gasteiger partial charge in [-0.05, 0) is 0 Å². The Morgan fingerprint density at radius 3 is 2.39 bits per heavy atom. The molecule has 2 aliphatic rings. The Labute approximate surface area is 104 Å². The number of fused-ring (bicyclic) bond motifs is 1. The van der Waals surface area contributed by atoms with Crippen LogP contribution in [0.2, 0.25) is 0 Å². The molecule has 2 aliphatic heterocycles. The molecule has 100 valence electrons. The lowest BCUT2D eigenvalue weighted by molar-refractivity contribution is -0.401. The Hall–Kier alpha value is -1.97. The molecule has 0 atom stereocenters. The predicted molar refractivity (Wildman–Crippen MR) is 67.0 cm³/mol. The molecule has 0 spiro atoms. The van der Waals surface area contributed by atoms with E-state index < -0.39 is 11.9 Å². The van der Waals surface area contributed by atoms with Gasteiger partial charge in [-0.3, -0.25) is 0 Å². The van der Waals surface area contributed by atoms with Crippen molar-refractivity contribution in [2.24, 2.45) is 21.5 Å². The Kier molecular flexibility index (Phi) is 5.96. The minimum absolute atomic E-state index is 0. The fraction of sp³-hybridized carbons (Fsp3) is 0.444. The number of aliphatic imine (C=N–C) groups is 2. The van der Waals surface area contributed by atoms with Gasteiger partial charge in [0.15, 0.2) is 6.34 Å². The zero-order valence-electron chi connectivity index (χ0n) is 10.3. The molecular weight excluding hydrogens is 240 g/mol. The smallest absolute Gasteiger partial charge is 0.412 e. The number of nitrogens with two attached hydrogens (primary N) is 2. The standard InChI is InChI=1S/C7H7N4O2.C2H8N2.H2O/c1-10-5-4(8-3-9-5)6(12)11(2)7(10)13;3-1-2-4;/h3H,1-2H3;1-4H2;1H2/q+1;;. The van der Waals surface area contributed by atoms with Crippen molar-refractivity contribution >= 4 is 29.8 Å². The number of nitrogens with zero attached hydrogens (tertiary/aromatic N) is 4. The Morgan fingerprint density at radius 2 is 1.89 bits per heavy atom. The largest absolute Gasteiger partial charge is 0.446 e. The first kappa shape index (κ1) is 16.0. The number of carbonyl (C=O) groups is 2. The molecule has 0 radical (unpaired) electrons. The van der Waals surface area contributed by atoms with E-state index in [0.29, 0.717) is 18.9 Å². The van der Waals surface area contributed by atoms with Crippen molar-refractivity contribution in [2.45, 2.75) is 0 Å². The van der Waals surface area contributed by atoms with Crippen molar-refractivity contribution < 1.29 is 19.6 Å². The third kappa shape index (κ3) is 2.83. The van der Waals surface area contributed by atoms with Gasteiger partial charge in [0.05, 0.1) is 14.1 Å². The molecule has 0 aromatic carbocycles. The first-order chi connectivity index (χ1) is 8.04. The van der Waals surface area contributed by atoms with Crippen LogP contribution >= 0.6 is 0 Å². The summed E-state index contributed by atoms with van der Waals surface area (Å²) in [5.41, 5.74) is 10.0. The third-order valence-corrected chi connectivity index (χ3v) is 2.14. The average Bonchev–Trinajstić information content (AvgIpc) is 2.83. The zero-order valence-corrected chi connectivity index (χ0v) is 10.3. The Morgan fingerprint density at radius 1 is 1.33 bits per heavy atom. The highest BCUT2D eigenvalue weighted by Crippen LogP contribution is 2.06. The van der Waals surface area contributed by atoms with Gasteiger partial charge in [0.1, 0.15) is 0 Å². The van der Waals surface area contributed by atoms with Crippen molar-refractivity contribution in [2.75, 3.05) is 27.2 Å². The van der Waals surface area contributed by atoms with E-state index in [1.807, 2.05) is 0 Å². The van der Waals surface area contributed by atoms with E-state index in [0.717, 1.165) is 4.90 Å². The number of amidine groups is 1. The molecule has 2 heterocycles. The lowest BCUT2D eigenvalue weighted by Crippen LogP contribution is -2.51. The Bertz CT molecular complexity index is 438. The van der Waals surface area contributed by atoms with Crippen LogP contribution in [0.3, 0.4) is 0 Å². The number of rotatable bonds is 1. The van der Waals surface area contributed by atoms with Crippen LogP contribution in [0.25, 0.3) is 0 Å². The molecule has 0 aromatic heterocycles. The predicted octanol–water partition coefficient (Wildman–Crippen LogP) is -2.82. The first-order valence-electron chi connectivity index (χ1n) is 4.98. The van der Waals surface area contributed by atoms with E-state index >= 15 is 0 Å². The molecule has 0 aliphatic carbocycles. The summed E-state index contributed by atoms with van der Waals surface area (Å²) in [6.07, 6.45) is 1.27. The highest BCUT2D eigenvalue weighted by atomic mass is 16.2. The maximum atomic E-state index is 11.4. The average molecular weight is 257 g/mol. The molecule has 2 rings (SSSR count). The second-order valence-corrected chi connectivity index (χ2v) is 3.33. The van der Waals surface area contributed by atoms with Gasteiger partial charge >= 0.3 is 11.9 Å². The van der Waals surface area contributed by atoms with Crippen LogP contribution in [-0.4, -0.2) is 72.0 Å². The van der Waals surface area contributed by atoms with Gasteiger partial charge in [-0.15, -0.1) is 0 Å². The minimum Gasteiger partial charge on any atom is -0.412 e. The molecule has 0 saturated heterocycles. The first-order valence-corrected chi connectivity index (χ1v) is 4.98. The molecular formula is C9H17N6O3+. The molecule has 6 N–H and O–H groups in total. The second kappa shape index (κ2) is 6.69. The summed E-state index contributed by atoms with van der Waals surface area (Å²) < 4.78 is 1.30.